The Morgan fingerprint density at radius 3 is 2.67 bits per heavy atom. The Labute approximate surface area is 109 Å². The lowest BCUT2D eigenvalue weighted by Crippen LogP contribution is -2.27. The molecule has 0 heterocycles. The molecule has 3 N–H and O–H groups in total. The monoisotopic (exact) mass is 250 g/mol. The number of nitrogens with one attached hydrogen (secondary N) is 1. The predicted octanol–water partition coefficient (Wildman–Crippen LogP) is 1.32. The van der Waals surface area contributed by atoms with E-state index in [-0.39, 0.29) is 5.91 Å². The molecule has 0 bridgehead atoms. The summed E-state index contributed by atoms with van der Waals surface area (Å²) in [5.74, 6) is 0.920. The van der Waals surface area contributed by atoms with E-state index in [2.05, 4.69) is 18.3 Å². The Bertz CT molecular complexity index is 417. The van der Waals surface area contributed by atoms with Crippen molar-refractivity contribution < 1.29 is 9.53 Å². The van der Waals surface area contributed by atoms with Gasteiger partial charge < -0.3 is 15.8 Å². The van der Waals surface area contributed by atoms with Crippen molar-refractivity contribution in [2.24, 2.45) is 5.73 Å². The van der Waals surface area contributed by atoms with Crippen LogP contribution in [0.15, 0.2) is 12.1 Å². The van der Waals surface area contributed by atoms with E-state index in [9.17, 15) is 4.79 Å². The molecule has 4 nitrogen and oxygen atoms in total. The van der Waals surface area contributed by atoms with Crippen molar-refractivity contribution in [1.29, 1.82) is 0 Å². The van der Waals surface area contributed by atoms with Crippen LogP contribution in [0, 0.1) is 13.8 Å². The smallest absolute Gasteiger partial charge is 0.221 e. The highest BCUT2D eigenvalue weighted by Gasteiger charge is 2.05. The van der Waals surface area contributed by atoms with Gasteiger partial charge in [-0.25, -0.2) is 0 Å². The minimum atomic E-state index is 0.0142. The number of carbonyl (C=O) groups excluding carboxylic acids is 1. The molecule has 4 heteroatoms. The number of aryl methyl sites for hydroxylation is 2. The summed E-state index contributed by atoms with van der Waals surface area (Å²) in [6.45, 7) is 5.12. The van der Waals surface area contributed by atoms with Crippen LogP contribution in [0.3, 0.4) is 0 Å². The summed E-state index contributed by atoms with van der Waals surface area (Å²) in [7, 11) is 1.68. The van der Waals surface area contributed by atoms with Gasteiger partial charge >= 0.3 is 0 Å². The first-order valence-electron chi connectivity index (χ1n) is 6.19. The summed E-state index contributed by atoms with van der Waals surface area (Å²) in [4.78, 5) is 11.3. The summed E-state index contributed by atoms with van der Waals surface area (Å²) in [6, 6.07) is 4.15. The van der Waals surface area contributed by atoms with Crippen molar-refractivity contribution >= 4 is 5.91 Å². The molecule has 0 aliphatic rings. The molecule has 0 saturated carbocycles. The van der Waals surface area contributed by atoms with E-state index >= 15 is 0 Å². The van der Waals surface area contributed by atoms with Crippen LogP contribution in [-0.4, -0.2) is 26.1 Å². The van der Waals surface area contributed by atoms with Crippen molar-refractivity contribution in [3.05, 3.63) is 28.8 Å². The molecular weight excluding hydrogens is 228 g/mol. The predicted molar refractivity (Wildman–Crippen MR) is 72.9 cm³/mol. The van der Waals surface area contributed by atoms with E-state index < -0.39 is 0 Å². The van der Waals surface area contributed by atoms with Gasteiger partial charge in [0, 0.05) is 19.5 Å². The van der Waals surface area contributed by atoms with Crippen LogP contribution in [0.25, 0.3) is 0 Å². The normalized spacial score (nSPS) is 10.2. The molecule has 0 unspecified atom stereocenters. The highest BCUT2D eigenvalue weighted by atomic mass is 16.5. The molecule has 0 fully saturated rings. The zero-order chi connectivity index (χ0) is 13.5. The largest absolute Gasteiger partial charge is 0.496 e. The Balaban J connectivity index is 2.57. The van der Waals surface area contributed by atoms with Gasteiger partial charge in [0.25, 0.3) is 0 Å². The summed E-state index contributed by atoms with van der Waals surface area (Å²) in [5, 5.41) is 2.86. The first-order valence-corrected chi connectivity index (χ1v) is 6.19. The van der Waals surface area contributed by atoms with Crippen LogP contribution in [0.5, 0.6) is 5.75 Å². The summed E-state index contributed by atoms with van der Waals surface area (Å²) < 4.78 is 5.27. The van der Waals surface area contributed by atoms with Crippen LogP contribution < -0.4 is 15.8 Å². The van der Waals surface area contributed by atoms with Gasteiger partial charge in [0.15, 0.2) is 0 Å². The van der Waals surface area contributed by atoms with Gasteiger partial charge in [-0.1, -0.05) is 6.07 Å². The van der Waals surface area contributed by atoms with Crippen molar-refractivity contribution in [3.63, 3.8) is 0 Å². The maximum atomic E-state index is 11.3. The van der Waals surface area contributed by atoms with Crippen LogP contribution in [0.1, 0.15) is 23.1 Å². The zero-order valence-corrected chi connectivity index (χ0v) is 11.4. The average molecular weight is 250 g/mol. The first kappa shape index (κ1) is 14.5. The third kappa shape index (κ3) is 4.04. The van der Waals surface area contributed by atoms with Gasteiger partial charge in [-0.05, 0) is 43.0 Å². The maximum Gasteiger partial charge on any atom is 0.221 e. The van der Waals surface area contributed by atoms with Crippen LogP contribution >= 0.6 is 0 Å². The van der Waals surface area contributed by atoms with Crippen molar-refractivity contribution in [2.45, 2.75) is 26.7 Å². The lowest BCUT2D eigenvalue weighted by Gasteiger charge is -2.11. The molecule has 1 aromatic carbocycles. The fourth-order valence-corrected chi connectivity index (χ4v) is 1.89. The number of ether oxygens (including phenoxy) is 1. The summed E-state index contributed by atoms with van der Waals surface area (Å²) in [6.07, 6.45) is 1.22. The SMILES string of the molecule is COc1cc(C)c(CCNC(=O)CCN)cc1C. The Kier molecular flexibility index (Phi) is 5.65. The quantitative estimate of drug-likeness (QED) is 0.800. The molecular formula is C14H22N2O2. The molecule has 18 heavy (non-hydrogen) atoms. The number of amides is 1. The number of hydrogen-bond acceptors (Lipinski definition) is 3. The number of methoxy groups -OCH3 is 1. The first-order chi connectivity index (χ1) is 8.58. The number of benzene rings is 1. The fourth-order valence-electron chi connectivity index (χ4n) is 1.89. The second-order valence-electron chi connectivity index (χ2n) is 4.39. The van der Waals surface area contributed by atoms with E-state index in [1.165, 1.54) is 11.1 Å². The highest BCUT2D eigenvalue weighted by molar-refractivity contribution is 5.76. The van der Waals surface area contributed by atoms with Crippen LogP contribution in [-0.2, 0) is 11.2 Å². The molecule has 0 saturated heterocycles. The highest BCUT2D eigenvalue weighted by Crippen LogP contribution is 2.22. The minimum absolute atomic E-state index is 0.0142. The Morgan fingerprint density at radius 2 is 2.06 bits per heavy atom. The van der Waals surface area contributed by atoms with E-state index in [1.807, 2.05) is 13.0 Å². The zero-order valence-electron chi connectivity index (χ0n) is 11.4. The second-order valence-corrected chi connectivity index (χ2v) is 4.39. The molecule has 0 spiro atoms. The molecule has 1 amide bonds. The number of hydrogen-bond donors (Lipinski definition) is 2. The molecule has 0 radical (unpaired) electrons. The molecule has 1 aromatic rings. The lowest BCUT2D eigenvalue weighted by atomic mass is 10.0. The third-order valence-electron chi connectivity index (χ3n) is 2.94. The molecule has 1 rings (SSSR count). The van der Waals surface area contributed by atoms with E-state index in [4.69, 9.17) is 10.5 Å². The van der Waals surface area contributed by atoms with E-state index in [1.54, 1.807) is 7.11 Å². The minimum Gasteiger partial charge on any atom is -0.496 e. The van der Waals surface area contributed by atoms with Gasteiger partial charge in [-0.15, -0.1) is 0 Å². The molecule has 0 aromatic heterocycles. The standard InChI is InChI=1S/C14H22N2O2/c1-10-9-13(18-3)11(2)8-12(10)5-7-16-14(17)4-6-15/h8-9H,4-7,15H2,1-3H3,(H,16,17). The van der Waals surface area contributed by atoms with Crippen molar-refractivity contribution in [2.75, 3.05) is 20.2 Å². The Hall–Kier alpha value is -1.55. The third-order valence-corrected chi connectivity index (χ3v) is 2.94. The second kappa shape index (κ2) is 7.01. The number of nitrogens with two attached hydrogens (primary N) is 1. The molecule has 100 valence electrons. The fraction of sp³-hybridized carbons (Fsp3) is 0.500. The average Bonchev–Trinajstić information content (AvgIpc) is 2.33. The maximum absolute atomic E-state index is 11.3. The number of carbonyl (C=O) groups is 1. The van der Waals surface area contributed by atoms with Gasteiger partial charge in [-0.2, -0.15) is 0 Å². The molecule has 0 atom stereocenters. The molecule has 0 aliphatic carbocycles. The van der Waals surface area contributed by atoms with Gasteiger partial charge in [0.2, 0.25) is 5.91 Å². The number of rotatable bonds is 6. The molecule has 0 aliphatic heterocycles. The van der Waals surface area contributed by atoms with Gasteiger partial charge in [0.05, 0.1) is 7.11 Å². The summed E-state index contributed by atoms with van der Waals surface area (Å²) >= 11 is 0. The summed E-state index contributed by atoms with van der Waals surface area (Å²) in [5.41, 5.74) is 8.85. The van der Waals surface area contributed by atoms with Crippen molar-refractivity contribution in [1.82, 2.24) is 5.32 Å². The topological polar surface area (TPSA) is 64.3 Å². The van der Waals surface area contributed by atoms with Crippen LogP contribution in [0.4, 0.5) is 0 Å². The lowest BCUT2D eigenvalue weighted by molar-refractivity contribution is -0.120. The van der Waals surface area contributed by atoms with E-state index in [0.29, 0.717) is 19.5 Å². The van der Waals surface area contributed by atoms with Crippen molar-refractivity contribution in [3.8, 4) is 5.75 Å². The van der Waals surface area contributed by atoms with Gasteiger partial charge in [0.1, 0.15) is 5.75 Å². The van der Waals surface area contributed by atoms with Gasteiger partial charge in [-0.3, -0.25) is 4.79 Å². The Morgan fingerprint density at radius 1 is 1.33 bits per heavy atom. The van der Waals surface area contributed by atoms with Crippen LogP contribution in [0.2, 0.25) is 0 Å². The van der Waals surface area contributed by atoms with E-state index in [0.717, 1.165) is 17.7 Å².